The molecule has 19 heavy (non-hydrogen) atoms. The van der Waals surface area contributed by atoms with Gasteiger partial charge >= 0.3 is 0 Å². The van der Waals surface area contributed by atoms with Gasteiger partial charge in [0.2, 0.25) is 0 Å². The molecule has 4 heteroatoms. The largest absolute Gasteiger partial charge is 0.313 e. The molecule has 1 N–H and O–H groups in total. The number of nitrogens with one attached hydrogen (secondary N) is 1. The Kier molecular flexibility index (Phi) is 5.51. The minimum atomic E-state index is 0.244. The molecule has 0 saturated carbocycles. The molecule has 0 aromatic heterocycles. The molecule has 0 aliphatic carbocycles. The van der Waals surface area contributed by atoms with Crippen LogP contribution in [-0.2, 0) is 6.42 Å². The molecule has 0 saturated heterocycles. The van der Waals surface area contributed by atoms with Crippen LogP contribution in [0.2, 0.25) is 10.0 Å². The van der Waals surface area contributed by atoms with E-state index in [0.29, 0.717) is 5.02 Å². The Labute approximate surface area is 137 Å². The standard InChI is InChI=1S/C15H14Cl2IN/c1-19-15(11-3-2-4-13(18)7-11)8-10-5-6-12(16)9-14(10)17/h2-7,9,15,19H,8H2,1H3. The van der Waals surface area contributed by atoms with Crippen molar-refractivity contribution in [1.82, 2.24) is 5.32 Å². The molecular weight excluding hydrogens is 392 g/mol. The Bertz CT molecular complexity index is 572. The van der Waals surface area contributed by atoms with E-state index in [1.807, 2.05) is 19.2 Å². The van der Waals surface area contributed by atoms with Crippen LogP contribution in [0.25, 0.3) is 0 Å². The first-order valence-corrected chi connectivity index (χ1v) is 7.80. The Morgan fingerprint density at radius 1 is 1.16 bits per heavy atom. The molecule has 0 radical (unpaired) electrons. The van der Waals surface area contributed by atoms with Crippen molar-refractivity contribution in [3.8, 4) is 0 Å². The zero-order valence-electron chi connectivity index (χ0n) is 10.5. The second-order valence-electron chi connectivity index (χ2n) is 4.34. The predicted molar refractivity (Wildman–Crippen MR) is 91.1 cm³/mol. The van der Waals surface area contributed by atoms with Gasteiger partial charge < -0.3 is 5.32 Å². The molecule has 0 aliphatic rings. The Morgan fingerprint density at radius 3 is 2.58 bits per heavy atom. The first kappa shape index (κ1) is 15.1. The SMILES string of the molecule is CNC(Cc1ccc(Cl)cc1Cl)c1cccc(I)c1. The molecule has 0 fully saturated rings. The summed E-state index contributed by atoms with van der Waals surface area (Å²) in [7, 11) is 1.97. The van der Waals surface area contributed by atoms with E-state index in [1.54, 1.807) is 6.07 Å². The maximum absolute atomic E-state index is 6.24. The molecule has 0 heterocycles. The number of likely N-dealkylation sites (N-methyl/N-ethyl adjacent to an activating group) is 1. The molecular formula is C15H14Cl2IN. The number of hydrogen-bond acceptors (Lipinski definition) is 1. The molecule has 100 valence electrons. The van der Waals surface area contributed by atoms with Gasteiger partial charge in [0.15, 0.2) is 0 Å². The highest BCUT2D eigenvalue weighted by Crippen LogP contribution is 2.26. The van der Waals surface area contributed by atoms with E-state index in [0.717, 1.165) is 17.0 Å². The van der Waals surface area contributed by atoms with Crippen molar-refractivity contribution in [2.24, 2.45) is 0 Å². The third-order valence-electron chi connectivity index (χ3n) is 3.04. The summed E-state index contributed by atoms with van der Waals surface area (Å²) in [6.45, 7) is 0. The summed E-state index contributed by atoms with van der Waals surface area (Å²) in [6.07, 6.45) is 0.840. The fraction of sp³-hybridized carbons (Fsp3) is 0.200. The topological polar surface area (TPSA) is 12.0 Å². The van der Waals surface area contributed by atoms with Crippen LogP contribution >= 0.6 is 45.8 Å². The molecule has 2 aromatic carbocycles. The third kappa shape index (κ3) is 4.09. The van der Waals surface area contributed by atoms with E-state index < -0.39 is 0 Å². The van der Waals surface area contributed by atoms with Crippen molar-refractivity contribution in [1.29, 1.82) is 0 Å². The number of halogens is 3. The lowest BCUT2D eigenvalue weighted by Gasteiger charge is -2.18. The van der Waals surface area contributed by atoms with Crippen LogP contribution in [0.5, 0.6) is 0 Å². The summed E-state index contributed by atoms with van der Waals surface area (Å²) in [6, 6.07) is 14.4. The van der Waals surface area contributed by atoms with Crippen molar-refractivity contribution in [3.63, 3.8) is 0 Å². The quantitative estimate of drug-likeness (QED) is 0.697. The van der Waals surface area contributed by atoms with Gasteiger partial charge in [-0.2, -0.15) is 0 Å². The molecule has 1 nitrogen and oxygen atoms in total. The van der Waals surface area contributed by atoms with Crippen molar-refractivity contribution in [2.45, 2.75) is 12.5 Å². The van der Waals surface area contributed by atoms with Crippen molar-refractivity contribution in [3.05, 3.63) is 67.2 Å². The van der Waals surface area contributed by atoms with Gasteiger partial charge in [-0.15, -0.1) is 0 Å². The molecule has 0 aliphatic heterocycles. The van der Waals surface area contributed by atoms with E-state index in [-0.39, 0.29) is 6.04 Å². The summed E-state index contributed by atoms with van der Waals surface area (Å²) in [5, 5.41) is 4.73. The lowest BCUT2D eigenvalue weighted by molar-refractivity contribution is 0.592. The van der Waals surface area contributed by atoms with E-state index in [2.05, 4.69) is 52.2 Å². The number of hydrogen-bond donors (Lipinski definition) is 1. The fourth-order valence-electron chi connectivity index (χ4n) is 2.02. The highest BCUT2D eigenvalue weighted by atomic mass is 127. The van der Waals surface area contributed by atoms with Crippen molar-refractivity contribution < 1.29 is 0 Å². The van der Waals surface area contributed by atoms with Crippen LogP contribution in [0.4, 0.5) is 0 Å². The second-order valence-corrected chi connectivity index (χ2v) is 6.43. The van der Waals surface area contributed by atoms with Crippen molar-refractivity contribution in [2.75, 3.05) is 7.05 Å². The van der Waals surface area contributed by atoms with Crippen LogP contribution in [0.1, 0.15) is 17.2 Å². The van der Waals surface area contributed by atoms with Gasteiger partial charge in [-0.25, -0.2) is 0 Å². The summed E-state index contributed by atoms with van der Waals surface area (Å²) >= 11 is 14.5. The first-order chi connectivity index (χ1) is 9.10. The van der Waals surface area contributed by atoms with Crippen LogP contribution < -0.4 is 5.32 Å². The summed E-state index contributed by atoms with van der Waals surface area (Å²) in [5.41, 5.74) is 2.37. The van der Waals surface area contributed by atoms with E-state index >= 15 is 0 Å². The van der Waals surface area contributed by atoms with Crippen molar-refractivity contribution >= 4 is 45.8 Å². The molecule has 1 atom stereocenters. The van der Waals surface area contributed by atoms with Gasteiger partial charge in [-0.05, 0) is 71.5 Å². The second kappa shape index (κ2) is 6.93. The lowest BCUT2D eigenvalue weighted by Crippen LogP contribution is -2.19. The van der Waals surface area contributed by atoms with Crippen LogP contribution in [-0.4, -0.2) is 7.05 Å². The Hall–Kier alpha value is -0.290. The lowest BCUT2D eigenvalue weighted by atomic mass is 9.99. The predicted octanol–water partition coefficient (Wildman–Crippen LogP) is 5.10. The zero-order chi connectivity index (χ0) is 13.8. The van der Waals surface area contributed by atoms with Crippen LogP contribution in [0.15, 0.2) is 42.5 Å². The third-order valence-corrected chi connectivity index (χ3v) is 4.30. The van der Waals surface area contributed by atoms with Gasteiger partial charge in [-0.3, -0.25) is 0 Å². The van der Waals surface area contributed by atoms with Gasteiger partial charge in [-0.1, -0.05) is 41.4 Å². The Morgan fingerprint density at radius 2 is 1.95 bits per heavy atom. The zero-order valence-corrected chi connectivity index (χ0v) is 14.1. The number of rotatable bonds is 4. The molecule has 0 amide bonds. The average Bonchev–Trinajstić information content (AvgIpc) is 2.38. The maximum Gasteiger partial charge on any atom is 0.0453 e. The molecule has 1 unspecified atom stereocenters. The maximum atomic E-state index is 6.24. The molecule has 0 bridgehead atoms. The highest BCUT2D eigenvalue weighted by Gasteiger charge is 2.12. The normalized spacial score (nSPS) is 12.4. The Balaban J connectivity index is 2.24. The van der Waals surface area contributed by atoms with Gasteiger partial charge in [0.1, 0.15) is 0 Å². The van der Waals surface area contributed by atoms with Crippen LogP contribution in [0, 0.1) is 3.57 Å². The summed E-state index contributed by atoms with van der Waals surface area (Å²) in [5.74, 6) is 0. The van der Waals surface area contributed by atoms with E-state index in [4.69, 9.17) is 23.2 Å². The van der Waals surface area contributed by atoms with Crippen LogP contribution in [0.3, 0.4) is 0 Å². The summed E-state index contributed by atoms with van der Waals surface area (Å²) < 4.78 is 1.23. The first-order valence-electron chi connectivity index (χ1n) is 5.97. The van der Waals surface area contributed by atoms with Gasteiger partial charge in [0.25, 0.3) is 0 Å². The molecule has 2 rings (SSSR count). The highest BCUT2D eigenvalue weighted by molar-refractivity contribution is 14.1. The van der Waals surface area contributed by atoms with Gasteiger partial charge in [0, 0.05) is 19.7 Å². The average molecular weight is 406 g/mol. The van der Waals surface area contributed by atoms with E-state index in [9.17, 15) is 0 Å². The minimum absolute atomic E-state index is 0.244. The van der Waals surface area contributed by atoms with Gasteiger partial charge in [0.05, 0.1) is 0 Å². The monoisotopic (exact) mass is 405 g/mol. The van der Waals surface area contributed by atoms with E-state index in [1.165, 1.54) is 9.13 Å². The molecule has 0 spiro atoms. The number of benzene rings is 2. The summed E-state index contributed by atoms with van der Waals surface area (Å²) in [4.78, 5) is 0. The minimum Gasteiger partial charge on any atom is -0.313 e. The smallest absolute Gasteiger partial charge is 0.0453 e. The fourth-order valence-corrected chi connectivity index (χ4v) is 3.07. The molecule has 2 aromatic rings.